The number of nitrogens with two attached hydrogens (primary N) is 1. The molecule has 2 heterocycles. The van der Waals surface area contributed by atoms with Gasteiger partial charge in [0.1, 0.15) is 0 Å². The molecule has 2 aromatic heterocycles. The molecular formula is C13H21N7O2S2. The highest BCUT2D eigenvalue weighted by molar-refractivity contribution is 8.00. The minimum absolute atomic E-state index is 0.0557. The van der Waals surface area contributed by atoms with Crippen LogP contribution < -0.4 is 5.84 Å². The van der Waals surface area contributed by atoms with E-state index in [1.54, 1.807) is 4.90 Å². The monoisotopic (exact) mass is 371 g/mol. The third kappa shape index (κ3) is 4.63. The molecule has 0 spiro atoms. The van der Waals surface area contributed by atoms with Gasteiger partial charge in [0, 0.05) is 19.5 Å². The molecule has 2 aromatic rings. The van der Waals surface area contributed by atoms with E-state index in [1.165, 1.54) is 28.2 Å². The molecule has 0 aliphatic carbocycles. The van der Waals surface area contributed by atoms with E-state index >= 15 is 0 Å². The van der Waals surface area contributed by atoms with Gasteiger partial charge in [0.05, 0.1) is 11.5 Å². The van der Waals surface area contributed by atoms with E-state index in [9.17, 15) is 4.79 Å². The topological polar surface area (TPSA) is 116 Å². The van der Waals surface area contributed by atoms with E-state index in [4.69, 9.17) is 10.3 Å². The Morgan fingerprint density at radius 1 is 1.08 bits per heavy atom. The van der Waals surface area contributed by atoms with Gasteiger partial charge in [-0.2, -0.15) is 0 Å². The Morgan fingerprint density at radius 3 is 2.29 bits per heavy atom. The fourth-order valence-corrected chi connectivity index (χ4v) is 3.38. The average Bonchev–Trinajstić information content (AvgIpc) is 3.19. The number of rotatable bonds is 9. The largest absolute Gasteiger partial charge is 0.424 e. The Bertz CT molecular complexity index is 669. The lowest BCUT2D eigenvalue weighted by molar-refractivity contribution is -0.127. The molecule has 0 atom stereocenters. The predicted octanol–water partition coefficient (Wildman–Crippen LogP) is 1.19. The number of nitrogen functional groups attached to an aromatic ring is 1. The second-order valence-electron chi connectivity index (χ2n) is 4.72. The Hall–Kier alpha value is -1.75. The smallest absolute Gasteiger partial charge is 0.233 e. The van der Waals surface area contributed by atoms with E-state index < -0.39 is 0 Å². The molecule has 0 fully saturated rings. The second kappa shape index (κ2) is 8.92. The van der Waals surface area contributed by atoms with Gasteiger partial charge in [-0.15, -0.1) is 20.4 Å². The maximum Gasteiger partial charge on any atom is 0.233 e. The molecule has 132 valence electrons. The zero-order valence-electron chi connectivity index (χ0n) is 13.9. The first-order valence-corrected chi connectivity index (χ1v) is 9.61. The van der Waals surface area contributed by atoms with Crippen molar-refractivity contribution >= 4 is 29.4 Å². The lowest BCUT2D eigenvalue weighted by Gasteiger charge is -2.17. The fraction of sp³-hybridized carbons (Fsp3) is 0.615. The van der Waals surface area contributed by atoms with Crippen LogP contribution >= 0.6 is 23.5 Å². The number of amides is 1. The van der Waals surface area contributed by atoms with E-state index in [0.29, 0.717) is 47.4 Å². The van der Waals surface area contributed by atoms with Crippen molar-refractivity contribution < 1.29 is 9.21 Å². The summed E-state index contributed by atoms with van der Waals surface area (Å²) in [5.41, 5.74) is 0. The van der Waals surface area contributed by atoms with E-state index in [2.05, 4.69) is 20.4 Å². The molecule has 0 bridgehead atoms. The summed E-state index contributed by atoms with van der Waals surface area (Å²) >= 11 is 2.63. The summed E-state index contributed by atoms with van der Waals surface area (Å²) in [4.78, 5) is 13.8. The summed E-state index contributed by atoms with van der Waals surface area (Å²) < 4.78 is 6.81. The molecule has 24 heavy (non-hydrogen) atoms. The van der Waals surface area contributed by atoms with Crippen LogP contribution in [0.5, 0.6) is 0 Å². The third-order valence-electron chi connectivity index (χ3n) is 3.21. The lowest BCUT2D eigenvalue weighted by atomic mass is 10.5. The summed E-state index contributed by atoms with van der Waals surface area (Å²) in [7, 11) is 0. The number of aryl methyl sites for hydroxylation is 1. The molecule has 0 aliphatic heterocycles. The minimum Gasteiger partial charge on any atom is -0.424 e. The highest BCUT2D eigenvalue weighted by atomic mass is 32.2. The van der Waals surface area contributed by atoms with Crippen LogP contribution in [0.4, 0.5) is 0 Å². The van der Waals surface area contributed by atoms with Crippen LogP contribution in [-0.2, 0) is 17.0 Å². The molecule has 9 nitrogen and oxygen atoms in total. The van der Waals surface area contributed by atoms with Gasteiger partial charge in [0.2, 0.25) is 28.0 Å². The van der Waals surface area contributed by atoms with Crippen molar-refractivity contribution in [1.29, 1.82) is 0 Å². The summed E-state index contributed by atoms with van der Waals surface area (Å²) in [6.07, 6.45) is 0.700. The molecule has 0 aromatic carbocycles. The summed E-state index contributed by atoms with van der Waals surface area (Å²) in [6.45, 7) is 7.23. The SMILES string of the molecule is CCc1nnc(CSc2nnc(SCC(=O)N(CC)CC)n2N)o1. The molecule has 2 N–H and O–H groups in total. The number of nitrogens with zero attached hydrogens (tertiary/aromatic N) is 6. The summed E-state index contributed by atoms with van der Waals surface area (Å²) in [5.74, 6) is 7.91. The standard InChI is InChI=1S/C13H21N7O2S2/c1-4-9-15-16-10(22-9)7-23-12-17-18-13(20(12)14)24-8-11(21)19(5-2)6-3/h4-8,14H2,1-3H3. The highest BCUT2D eigenvalue weighted by Gasteiger charge is 2.16. The first-order valence-electron chi connectivity index (χ1n) is 7.64. The quantitative estimate of drug-likeness (QED) is 0.512. The van der Waals surface area contributed by atoms with Gasteiger partial charge in [-0.3, -0.25) is 4.79 Å². The number of carbonyl (C=O) groups is 1. The van der Waals surface area contributed by atoms with Crippen LogP contribution in [0.1, 0.15) is 32.6 Å². The van der Waals surface area contributed by atoms with Crippen LogP contribution in [0.15, 0.2) is 14.7 Å². The van der Waals surface area contributed by atoms with Gasteiger partial charge >= 0.3 is 0 Å². The summed E-state index contributed by atoms with van der Waals surface area (Å²) in [6, 6.07) is 0. The van der Waals surface area contributed by atoms with Crippen LogP contribution in [0.3, 0.4) is 0 Å². The maximum absolute atomic E-state index is 12.0. The molecule has 0 unspecified atom stereocenters. The fourth-order valence-electron chi connectivity index (χ4n) is 1.87. The van der Waals surface area contributed by atoms with Gasteiger partial charge < -0.3 is 15.2 Å². The molecule has 0 saturated heterocycles. The molecule has 1 amide bonds. The van der Waals surface area contributed by atoms with Gasteiger partial charge in [-0.25, -0.2) is 4.68 Å². The average molecular weight is 371 g/mol. The highest BCUT2D eigenvalue weighted by Crippen LogP contribution is 2.23. The zero-order chi connectivity index (χ0) is 17.5. The zero-order valence-corrected chi connectivity index (χ0v) is 15.6. The van der Waals surface area contributed by atoms with Crippen molar-refractivity contribution in [3.63, 3.8) is 0 Å². The van der Waals surface area contributed by atoms with E-state index in [1.807, 2.05) is 20.8 Å². The second-order valence-corrected chi connectivity index (χ2v) is 6.61. The number of carbonyl (C=O) groups excluding carboxylic acids is 1. The Labute approximate surface area is 148 Å². The van der Waals surface area contributed by atoms with Crippen LogP contribution in [0, 0.1) is 0 Å². The third-order valence-corrected chi connectivity index (χ3v) is 5.07. The van der Waals surface area contributed by atoms with Gasteiger partial charge in [0.25, 0.3) is 0 Å². The van der Waals surface area contributed by atoms with Crippen molar-refractivity contribution in [2.75, 3.05) is 24.7 Å². The van der Waals surface area contributed by atoms with E-state index in [0.717, 1.165) is 0 Å². The van der Waals surface area contributed by atoms with Crippen LogP contribution in [0.2, 0.25) is 0 Å². The Balaban J connectivity index is 1.89. The minimum atomic E-state index is 0.0557. The number of thioether (sulfide) groups is 2. The molecule has 0 saturated carbocycles. The lowest BCUT2D eigenvalue weighted by Crippen LogP contribution is -2.32. The number of hydrogen-bond donors (Lipinski definition) is 1. The Morgan fingerprint density at radius 2 is 1.71 bits per heavy atom. The van der Waals surface area contributed by atoms with Crippen molar-refractivity contribution in [3.8, 4) is 0 Å². The molecular weight excluding hydrogens is 350 g/mol. The summed E-state index contributed by atoms with van der Waals surface area (Å²) in [5, 5.41) is 16.9. The maximum atomic E-state index is 12.0. The Kier molecular flexibility index (Phi) is 6.91. The molecule has 11 heteroatoms. The molecule has 0 radical (unpaired) electrons. The van der Waals surface area contributed by atoms with Gasteiger partial charge in [-0.1, -0.05) is 30.4 Å². The van der Waals surface area contributed by atoms with Gasteiger partial charge in [-0.05, 0) is 13.8 Å². The van der Waals surface area contributed by atoms with Crippen molar-refractivity contribution in [2.45, 2.75) is 43.3 Å². The first kappa shape index (κ1) is 18.6. The first-order chi connectivity index (χ1) is 11.6. The van der Waals surface area contributed by atoms with Crippen molar-refractivity contribution in [1.82, 2.24) is 30.0 Å². The number of hydrogen-bond acceptors (Lipinski definition) is 9. The normalized spacial score (nSPS) is 11.0. The van der Waals surface area contributed by atoms with Crippen molar-refractivity contribution in [2.24, 2.45) is 0 Å². The van der Waals surface area contributed by atoms with E-state index in [-0.39, 0.29) is 11.7 Å². The van der Waals surface area contributed by atoms with Crippen LogP contribution in [0.25, 0.3) is 0 Å². The number of aromatic nitrogens is 5. The molecule has 2 rings (SSSR count). The predicted molar refractivity (Wildman–Crippen MR) is 92.1 cm³/mol. The van der Waals surface area contributed by atoms with Crippen LogP contribution in [-0.4, -0.2) is 54.7 Å². The molecule has 0 aliphatic rings. The van der Waals surface area contributed by atoms with Crippen molar-refractivity contribution in [3.05, 3.63) is 11.8 Å². The van der Waals surface area contributed by atoms with Gasteiger partial charge in [0.15, 0.2) is 0 Å².